The van der Waals surface area contributed by atoms with Crippen molar-refractivity contribution in [1.29, 1.82) is 0 Å². The Labute approximate surface area is 161 Å². The van der Waals surface area contributed by atoms with Crippen molar-refractivity contribution in [2.45, 2.75) is 6.92 Å². The van der Waals surface area contributed by atoms with Gasteiger partial charge >= 0.3 is 5.97 Å². The van der Waals surface area contributed by atoms with Crippen molar-refractivity contribution >= 4 is 97.9 Å². The number of hydrogen-bond acceptors (Lipinski definition) is 5. The zero-order valence-electron chi connectivity index (χ0n) is 10.5. The van der Waals surface area contributed by atoms with E-state index in [0.717, 1.165) is 0 Å². The third-order valence-corrected chi connectivity index (χ3v) is 5.69. The van der Waals surface area contributed by atoms with Gasteiger partial charge in [-0.05, 0) is 67.8 Å². The fourth-order valence-electron chi connectivity index (χ4n) is 1.36. The van der Waals surface area contributed by atoms with Gasteiger partial charge in [-0.2, -0.15) is 0 Å². The van der Waals surface area contributed by atoms with Gasteiger partial charge < -0.3 is 10.1 Å². The highest BCUT2D eigenvalue weighted by atomic mass is 127. The minimum absolute atomic E-state index is 0.335. The molecule has 0 saturated heterocycles. The first-order valence-electron chi connectivity index (χ1n) is 5.37. The highest BCUT2D eigenvalue weighted by Gasteiger charge is 2.21. The van der Waals surface area contributed by atoms with Crippen molar-refractivity contribution in [2.24, 2.45) is 0 Å². The third kappa shape index (κ3) is 4.58. The van der Waals surface area contributed by atoms with Gasteiger partial charge in [-0.15, -0.1) is 0 Å². The van der Waals surface area contributed by atoms with Crippen LogP contribution in [0.15, 0.2) is 0 Å². The van der Waals surface area contributed by atoms with E-state index in [1.165, 1.54) is 6.92 Å². The Hall–Kier alpha value is -0.310. The molecule has 0 aliphatic rings. The first-order chi connectivity index (χ1) is 9.83. The summed E-state index contributed by atoms with van der Waals surface area (Å²) in [6.07, 6.45) is 1.27. The topological polar surface area (TPSA) is 89.5 Å². The Balaban J connectivity index is 3.23. The zero-order valence-corrected chi connectivity index (χ0v) is 17.0. The number of carbonyl (C=O) groups is 4. The minimum atomic E-state index is -0.570. The molecule has 0 aliphatic carbocycles. The third-order valence-electron chi connectivity index (χ3n) is 2.29. The summed E-state index contributed by atoms with van der Waals surface area (Å²) < 4.78 is 6.18. The molecule has 1 rings (SSSR count). The van der Waals surface area contributed by atoms with Crippen molar-refractivity contribution < 1.29 is 23.9 Å². The first-order valence-corrected chi connectivity index (χ1v) is 8.61. The Bertz CT molecular complexity index is 595. The van der Waals surface area contributed by atoms with E-state index in [-0.39, 0.29) is 0 Å². The molecule has 1 amide bonds. The van der Waals surface area contributed by atoms with Crippen LogP contribution in [0.5, 0.6) is 0 Å². The predicted molar refractivity (Wildman–Crippen MR) is 101 cm³/mol. The van der Waals surface area contributed by atoms with Gasteiger partial charge in [0.25, 0.3) is 5.91 Å². The van der Waals surface area contributed by atoms with E-state index < -0.39 is 18.5 Å². The molecule has 0 heterocycles. The SMILES string of the molecule is CC(=O)OCC(=O)Nc1c(I)c(C=O)c(I)c(C=O)c1I. The van der Waals surface area contributed by atoms with Crippen molar-refractivity contribution in [3.63, 3.8) is 0 Å². The number of hydrogen-bond donors (Lipinski definition) is 1. The second-order valence-corrected chi connectivity index (χ2v) is 6.94. The highest BCUT2D eigenvalue weighted by Crippen LogP contribution is 2.34. The largest absolute Gasteiger partial charge is 0.456 e. The molecule has 1 aromatic carbocycles. The average molecular weight is 627 g/mol. The van der Waals surface area contributed by atoms with Crippen LogP contribution in [-0.2, 0) is 14.3 Å². The lowest BCUT2D eigenvalue weighted by Crippen LogP contribution is -2.22. The molecule has 112 valence electrons. The van der Waals surface area contributed by atoms with Crippen LogP contribution in [0.4, 0.5) is 5.69 Å². The number of amides is 1. The van der Waals surface area contributed by atoms with Crippen molar-refractivity contribution in [3.05, 3.63) is 21.8 Å². The van der Waals surface area contributed by atoms with E-state index in [1.54, 1.807) is 0 Å². The van der Waals surface area contributed by atoms with E-state index in [2.05, 4.69) is 10.1 Å². The molecule has 0 aromatic heterocycles. The average Bonchev–Trinajstić information content (AvgIpc) is 2.42. The smallest absolute Gasteiger partial charge is 0.303 e. The van der Waals surface area contributed by atoms with E-state index in [9.17, 15) is 19.2 Å². The van der Waals surface area contributed by atoms with Crippen LogP contribution in [-0.4, -0.2) is 31.1 Å². The lowest BCUT2D eigenvalue weighted by atomic mass is 10.1. The summed E-state index contributed by atoms with van der Waals surface area (Å²) in [5.74, 6) is -1.12. The molecule has 0 atom stereocenters. The highest BCUT2D eigenvalue weighted by molar-refractivity contribution is 14.1. The van der Waals surface area contributed by atoms with Gasteiger partial charge in [-0.1, -0.05) is 0 Å². The Kier molecular flexibility index (Phi) is 7.46. The molecule has 0 spiro atoms. The van der Waals surface area contributed by atoms with E-state index in [4.69, 9.17) is 0 Å². The maximum Gasteiger partial charge on any atom is 0.303 e. The molecule has 0 aliphatic heterocycles. The van der Waals surface area contributed by atoms with Gasteiger partial charge in [0.2, 0.25) is 0 Å². The number of benzene rings is 1. The van der Waals surface area contributed by atoms with Crippen molar-refractivity contribution in [1.82, 2.24) is 0 Å². The summed E-state index contributed by atoms with van der Waals surface area (Å²) in [7, 11) is 0. The molecule has 0 saturated carbocycles. The molecule has 1 N–H and O–H groups in total. The molecule has 0 bridgehead atoms. The van der Waals surface area contributed by atoms with Gasteiger partial charge in [0.15, 0.2) is 19.2 Å². The quantitative estimate of drug-likeness (QED) is 0.309. The number of aldehydes is 2. The summed E-state index contributed by atoms with van der Waals surface area (Å²) in [5, 5.41) is 2.56. The fourth-order valence-corrected chi connectivity index (χ4v) is 5.31. The number of carbonyl (C=O) groups excluding carboxylic acids is 4. The lowest BCUT2D eigenvalue weighted by molar-refractivity contribution is -0.144. The maximum absolute atomic E-state index is 11.7. The molecular weight excluding hydrogens is 619 g/mol. The zero-order chi connectivity index (χ0) is 16.2. The van der Waals surface area contributed by atoms with Crippen LogP contribution in [0.2, 0.25) is 0 Å². The predicted octanol–water partition coefficient (Wildman–Crippen LogP) is 2.63. The lowest BCUT2D eigenvalue weighted by Gasteiger charge is -2.15. The number of anilines is 1. The second kappa shape index (κ2) is 8.36. The standard InChI is InChI=1S/C12H8I3NO5/c1-5(19)21-4-8(20)16-12-10(14)6(2-17)9(13)7(3-18)11(12)15/h2-3H,4H2,1H3,(H,16,20). The Morgan fingerprint density at radius 2 is 1.52 bits per heavy atom. The van der Waals surface area contributed by atoms with E-state index >= 15 is 0 Å². The molecule has 0 fully saturated rings. The van der Waals surface area contributed by atoms with Gasteiger partial charge in [0, 0.05) is 28.8 Å². The molecule has 0 unspecified atom stereocenters. The molecular formula is C12H8I3NO5. The van der Waals surface area contributed by atoms with Crippen LogP contribution in [0, 0.1) is 10.7 Å². The Morgan fingerprint density at radius 1 is 1.05 bits per heavy atom. The number of nitrogens with one attached hydrogen (secondary N) is 1. The van der Waals surface area contributed by atoms with Crippen LogP contribution >= 0.6 is 67.8 Å². The van der Waals surface area contributed by atoms with Crippen molar-refractivity contribution in [3.8, 4) is 0 Å². The minimum Gasteiger partial charge on any atom is -0.456 e. The number of ether oxygens (including phenoxy) is 1. The molecule has 6 nitrogen and oxygen atoms in total. The first kappa shape index (κ1) is 18.7. The van der Waals surface area contributed by atoms with Gasteiger partial charge in [-0.25, -0.2) is 0 Å². The van der Waals surface area contributed by atoms with Crippen LogP contribution in [0.3, 0.4) is 0 Å². The summed E-state index contributed by atoms with van der Waals surface area (Å²) in [4.78, 5) is 44.8. The number of halogens is 3. The van der Waals surface area contributed by atoms with Gasteiger partial charge in [0.1, 0.15) is 0 Å². The fraction of sp³-hybridized carbons (Fsp3) is 0.167. The monoisotopic (exact) mass is 627 g/mol. The summed E-state index contributed by atoms with van der Waals surface area (Å²) in [5.41, 5.74) is 1.03. The maximum atomic E-state index is 11.7. The molecule has 9 heteroatoms. The molecule has 21 heavy (non-hydrogen) atoms. The van der Waals surface area contributed by atoms with Gasteiger partial charge in [-0.3, -0.25) is 19.2 Å². The molecule has 0 radical (unpaired) electrons. The summed E-state index contributed by atoms with van der Waals surface area (Å²) >= 11 is 5.76. The van der Waals surface area contributed by atoms with Crippen molar-refractivity contribution in [2.75, 3.05) is 11.9 Å². The van der Waals surface area contributed by atoms with E-state index in [1.807, 2.05) is 67.8 Å². The normalized spacial score (nSPS) is 9.90. The number of esters is 1. The van der Waals surface area contributed by atoms with Crippen LogP contribution in [0.1, 0.15) is 27.6 Å². The Morgan fingerprint density at radius 3 is 1.90 bits per heavy atom. The summed E-state index contributed by atoms with van der Waals surface area (Å²) in [6.45, 7) is 0.765. The van der Waals surface area contributed by atoms with Crippen LogP contribution < -0.4 is 5.32 Å². The summed E-state index contributed by atoms with van der Waals surface area (Å²) in [6, 6.07) is 0. The number of rotatable bonds is 5. The molecule has 1 aromatic rings. The van der Waals surface area contributed by atoms with E-state index in [0.29, 0.717) is 40.1 Å². The van der Waals surface area contributed by atoms with Gasteiger partial charge in [0.05, 0.1) is 5.69 Å². The van der Waals surface area contributed by atoms with Crippen LogP contribution in [0.25, 0.3) is 0 Å². The second-order valence-electron chi connectivity index (χ2n) is 3.71.